The highest BCUT2D eigenvalue weighted by Crippen LogP contribution is 2.34. The van der Waals surface area contributed by atoms with Crippen molar-refractivity contribution < 1.29 is 19.1 Å². The molecule has 0 saturated heterocycles. The van der Waals surface area contributed by atoms with E-state index < -0.39 is 6.17 Å². The van der Waals surface area contributed by atoms with E-state index in [9.17, 15) is 9.59 Å². The van der Waals surface area contributed by atoms with Crippen molar-refractivity contribution in [1.82, 2.24) is 10.6 Å². The Morgan fingerprint density at radius 1 is 0.733 bits per heavy atom. The molecule has 8 heteroatoms. The highest BCUT2D eigenvalue weighted by Gasteiger charge is 2.22. The van der Waals surface area contributed by atoms with Gasteiger partial charge in [0.15, 0.2) is 11.5 Å². The van der Waals surface area contributed by atoms with Gasteiger partial charge in [-0.05, 0) is 66.2 Å². The highest BCUT2D eigenvalue weighted by molar-refractivity contribution is 9.10. The van der Waals surface area contributed by atoms with Crippen LogP contribution in [0.1, 0.15) is 32.4 Å². The van der Waals surface area contributed by atoms with Crippen molar-refractivity contribution >= 4 is 43.7 Å². The molecule has 6 nitrogen and oxygen atoms in total. The molecule has 2 amide bonds. The third-order valence-corrected chi connectivity index (χ3v) is 5.55. The van der Waals surface area contributed by atoms with Crippen LogP contribution < -0.4 is 20.1 Å². The average Bonchev–Trinajstić information content (AvgIpc) is 3.22. The Bertz CT molecular complexity index is 1030. The van der Waals surface area contributed by atoms with Crippen molar-refractivity contribution in [3.05, 3.63) is 92.4 Å². The standard InChI is InChI=1S/C22H16Br2N2O4/c23-16-6-1-13(2-7-16)21(27)25-20(15-5-10-18-19(11-15)30-12-29-18)26-22(28)14-3-8-17(24)9-4-14/h1-11,20H,12H2,(H,25,27)(H,26,28). The van der Waals surface area contributed by atoms with E-state index in [1.165, 1.54) is 0 Å². The minimum Gasteiger partial charge on any atom is -0.454 e. The van der Waals surface area contributed by atoms with Crippen LogP contribution in [0.15, 0.2) is 75.7 Å². The van der Waals surface area contributed by atoms with Crippen LogP contribution in [0.5, 0.6) is 11.5 Å². The maximum Gasteiger partial charge on any atom is 0.253 e. The summed E-state index contributed by atoms with van der Waals surface area (Å²) in [7, 11) is 0. The molecule has 0 fully saturated rings. The van der Waals surface area contributed by atoms with Crippen LogP contribution in [-0.2, 0) is 0 Å². The average molecular weight is 532 g/mol. The van der Waals surface area contributed by atoms with Gasteiger partial charge in [-0.1, -0.05) is 37.9 Å². The molecule has 1 aliphatic heterocycles. The molecule has 0 atom stereocenters. The van der Waals surface area contributed by atoms with Crippen LogP contribution in [0.3, 0.4) is 0 Å². The van der Waals surface area contributed by atoms with Crippen molar-refractivity contribution in [3.8, 4) is 11.5 Å². The first kappa shape index (κ1) is 20.4. The zero-order valence-electron chi connectivity index (χ0n) is 15.5. The number of nitrogens with one attached hydrogen (secondary N) is 2. The molecule has 0 spiro atoms. The highest BCUT2D eigenvalue weighted by atomic mass is 79.9. The van der Waals surface area contributed by atoms with E-state index >= 15 is 0 Å². The second kappa shape index (κ2) is 8.89. The molecular formula is C22H16Br2N2O4. The molecule has 3 aromatic rings. The predicted molar refractivity (Wildman–Crippen MR) is 119 cm³/mol. The lowest BCUT2D eigenvalue weighted by molar-refractivity contribution is 0.0883. The molecule has 0 aliphatic carbocycles. The van der Waals surface area contributed by atoms with E-state index in [1.54, 1.807) is 66.7 Å². The van der Waals surface area contributed by atoms with Crippen LogP contribution in [0.2, 0.25) is 0 Å². The van der Waals surface area contributed by atoms with Crippen molar-refractivity contribution in [2.45, 2.75) is 6.17 Å². The Labute approximate surface area is 189 Å². The lowest BCUT2D eigenvalue weighted by Gasteiger charge is -2.21. The second-order valence-electron chi connectivity index (χ2n) is 6.51. The third-order valence-electron chi connectivity index (χ3n) is 4.49. The van der Waals surface area contributed by atoms with Crippen LogP contribution in [0, 0.1) is 0 Å². The van der Waals surface area contributed by atoms with Crippen molar-refractivity contribution in [3.63, 3.8) is 0 Å². The number of ether oxygens (including phenoxy) is 2. The van der Waals surface area contributed by atoms with E-state index in [-0.39, 0.29) is 18.6 Å². The van der Waals surface area contributed by atoms with E-state index in [4.69, 9.17) is 9.47 Å². The Morgan fingerprint density at radius 2 is 1.23 bits per heavy atom. The van der Waals surface area contributed by atoms with Gasteiger partial charge in [0.05, 0.1) is 0 Å². The number of hydrogen-bond acceptors (Lipinski definition) is 4. The van der Waals surface area contributed by atoms with Gasteiger partial charge < -0.3 is 20.1 Å². The summed E-state index contributed by atoms with van der Waals surface area (Å²) < 4.78 is 12.5. The number of hydrogen-bond donors (Lipinski definition) is 2. The van der Waals surface area contributed by atoms with Crippen LogP contribution >= 0.6 is 31.9 Å². The summed E-state index contributed by atoms with van der Waals surface area (Å²) in [6.45, 7) is 0.139. The molecule has 1 aliphatic rings. The number of benzene rings is 3. The molecule has 152 valence electrons. The molecule has 3 aromatic carbocycles. The molecule has 0 aromatic heterocycles. The molecule has 0 unspecified atom stereocenters. The number of rotatable bonds is 5. The maximum absolute atomic E-state index is 12.8. The summed E-state index contributed by atoms with van der Waals surface area (Å²) in [6.07, 6.45) is -0.771. The first-order valence-corrected chi connectivity index (χ1v) is 10.6. The second-order valence-corrected chi connectivity index (χ2v) is 8.34. The quantitative estimate of drug-likeness (QED) is 0.464. The Hall–Kier alpha value is -2.84. The molecule has 0 bridgehead atoms. The maximum atomic E-state index is 12.8. The lowest BCUT2D eigenvalue weighted by Crippen LogP contribution is -2.41. The van der Waals surface area contributed by atoms with Gasteiger partial charge in [0, 0.05) is 20.1 Å². The Kier molecular flexibility index (Phi) is 6.06. The number of carbonyl (C=O) groups excluding carboxylic acids is 2. The minimum atomic E-state index is -0.771. The largest absolute Gasteiger partial charge is 0.454 e. The number of fused-ring (bicyclic) bond motifs is 1. The predicted octanol–water partition coefficient (Wildman–Crippen LogP) is 4.80. The molecule has 0 radical (unpaired) electrons. The van der Waals surface area contributed by atoms with Gasteiger partial charge in [0.1, 0.15) is 6.17 Å². The Balaban J connectivity index is 1.60. The fourth-order valence-electron chi connectivity index (χ4n) is 2.93. The van der Waals surface area contributed by atoms with Gasteiger partial charge in [0.25, 0.3) is 11.8 Å². The molecule has 1 heterocycles. The van der Waals surface area contributed by atoms with Crippen LogP contribution in [0.25, 0.3) is 0 Å². The summed E-state index contributed by atoms with van der Waals surface area (Å²) in [5.41, 5.74) is 1.61. The number of amides is 2. The van der Waals surface area contributed by atoms with Crippen LogP contribution in [0.4, 0.5) is 0 Å². The lowest BCUT2D eigenvalue weighted by atomic mass is 10.1. The normalized spacial score (nSPS) is 12.0. The van der Waals surface area contributed by atoms with Gasteiger partial charge in [-0.3, -0.25) is 9.59 Å². The van der Waals surface area contributed by atoms with Gasteiger partial charge in [-0.25, -0.2) is 0 Å². The SMILES string of the molecule is O=C(NC(NC(=O)c1ccc(Br)cc1)c1ccc2c(c1)OCO2)c1ccc(Br)cc1. The summed E-state index contributed by atoms with van der Waals surface area (Å²) in [5.74, 6) is 0.548. The van der Waals surface area contributed by atoms with E-state index in [2.05, 4.69) is 42.5 Å². The summed E-state index contributed by atoms with van der Waals surface area (Å²) in [6, 6.07) is 19.2. The zero-order valence-corrected chi connectivity index (χ0v) is 18.7. The monoisotopic (exact) mass is 530 g/mol. The van der Waals surface area contributed by atoms with Crippen molar-refractivity contribution in [2.24, 2.45) is 0 Å². The van der Waals surface area contributed by atoms with Crippen LogP contribution in [-0.4, -0.2) is 18.6 Å². The molecule has 2 N–H and O–H groups in total. The molecule has 4 rings (SSSR count). The zero-order chi connectivity index (χ0) is 21.1. The van der Waals surface area contributed by atoms with Crippen molar-refractivity contribution in [2.75, 3.05) is 6.79 Å². The van der Waals surface area contributed by atoms with E-state index in [1.807, 2.05) is 0 Å². The molecule has 0 saturated carbocycles. The molecule has 30 heavy (non-hydrogen) atoms. The fraction of sp³-hybridized carbons (Fsp3) is 0.0909. The third kappa shape index (κ3) is 4.66. The number of halogens is 2. The first-order chi connectivity index (χ1) is 14.5. The smallest absolute Gasteiger partial charge is 0.253 e. The van der Waals surface area contributed by atoms with E-state index in [0.717, 1.165) is 8.95 Å². The van der Waals surface area contributed by atoms with E-state index in [0.29, 0.717) is 28.2 Å². The summed E-state index contributed by atoms with van der Waals surface area (Å²) in [5, 5.41) is 5.76. The van der Waals surface area contributed by atoms with Gasteiger partial charge in [-0.15, -0.1) is 0 Å². The van der Waals surface area contributed by atoms with Gasteiger partial charge in [0.2, 0.25) is 6.79 Å². The topological polar surface area (TPSA) is 76.7 Å². The summed E-state index contributed by atoms with van der Waals surface area (Å²) in [4.78, 5) is 25.6. The minimum absolute atomic E-state index is 0.139. The molecular weight excluding hydrogens is 516 g/mol. The fourth-order valence-corrected chi connectivity index (χ4v) is 3.46. The summed E-state index contributed by atoms with van der Waals surface area (Å²) >= 11 is 6.71. The Morgan fingerprint density at radius 3 is 1.77 bits per heavy atom. The van der Waals surface area contributed by atoms with Gasteiger partial charge >= 0.3 is 0 Å². The number of carbonyl (C=O) groups is 2. The van der Waals surface area contributed by atoms with Crippen molar-refractivity contribution in [1.29, 1.82) is 0 Å². The van der Waals surface area contributed by atoms with Gasteiger partial charge in [-0.2, -0.15) is 0 Å². The first-order valence-electron chi connectivity index (χ1n) is 9.02.